The molecule has 4 aromatic carbocycles. The first-order valence-corrected chi connectivity index (χ1v) is 12.1. The molecule has 0 aliphatic heterocycles. The van der Waals surface area contributed by atoms with Crippen LogP contribution in [-0.2, 0) is 5.41 Å². The molecule has 4 heteroatoms. The Hall–Kier alpha value is -4.05. The topological polar surface area (TPSA) is 70.7 Å². The van der Waals surface area contributed by atoms with Crippen LogP contribution in [0.2, 0.25) is 0 Å². The van der Waals surface area contributed by atoms with Gasteiger partial charge in [-0.1, -0.05) is 69.7 Å². The van der Waals surface area contributed by atoms with Crippen molar-refractivity contribution in [3.63, 3.8) is 0 Å². The van der Waals surface area contributed by atoms with E-state index in [-0.39, 0.29) is 16.6 Å². The lowest BCUT2D eigenvalue weighted by Gasteiger charge is -2.26. The minimum atomic E-state index is -0.316. The molecule has 0 amide bonds. The van der Waals surface area contributed by atoms with Gasteiger partial charge in [0.15, 0.2) is 0 Å². The Morgan fingerprint density at radius 2 is 1.19 bits per heavy atom. The summed E-state index contributed by atoms with van der Waals surface area (Å²) in [5.74, 6) is 0.918. The lowest BCUT2D eigenvalue weighted by Crippen LogP contribution is -2.19. The molecular weight excluding hydrogens is 448 g/mol. The summed E-state index contributed by atoms with van der Waals surface area (Å²) in [4.78, 5) is 13.2. The van der Waals surface area contributed by atoms with Crippen LogP contribution >= 0.6 is 0 Å². The number of phenols is 2. The molecular formula is C32H32O4. The summed E-state index contributed by atoms with van der Waals surface area (Å²) < 4.78 is 6.02. The first-order chi connectivity index (χ1) is 17.1. The second-order valence-electron chi connectivity index (χ2n) is 10.1. The largest absolute Gasteiger partial charge is 0.508 e. The van der Waals surface area contributed by atoms with E-state index in [0.29, 0.717) is 33.6 Å². The zero-order valence-electron chi connectivity index (χ0n) is 21.4. The first kappa shape index (κ1) is 25.1. The standard InChI is InChI=1S/C25H24O3.C7H8O/c1-15(2)16-5-11-22-20(13-16)24(27)21-14-18(8-12-23(21)28-22)25(3,4)17-6-9-19(26)10-7-17;1-6-2-4-7(8)5-3-6/h5-15,26H,1-4H3;2-5,8H,1H3. The summed E-state index contributed by atoms with van der Waals surface area (Å²) >= 11 is 0. The average Bonchev–Trinajstić information content (AvgIpc) is 2.86. The molecule has 0 bridgehead atoms. The summed E-state index contributed by atoms with van der Waals surface area (Å²) in [5, 5.41) is 19.6. The zero-order chi connectivity index (χ0) is 26.0. The van der Waals surface area contributed by atoms with Crippen molar-refractivity contribution in [2.24, 2.45) is 0 Å². The summed E-state index contributed by atoms with van der Waals surface area (Å²) in [7, 11) is 0. The van der Waals surface area contributed by atoms with Crippen molar-refractivity contribution in [1.29, 1.82) is 0 Å². The molecule has 5 rings (SSSR count). The van der Waals surface area contributed by atoms with E-state index in [0.717, 1.165) is 16.7 Å². The van der Waals surface area contributed by atoms with Crippen LogP contribution in [0.15, 0.2) is 94.1 Å². The highest BCUT2D eigenvalue weighted by atomic mass is 16.3. The van der Waals surface area contributed by atoms with Gasteiger partial charge in [-0.05, 0) is 78.1 Å². The Bertz CT molecular complexity index is 1540. The van der Waals surface area contributed by atoms with Crippen LogP contribution in [0.3, 0.4) is 0 Å². The van der Waals surface area contributed by atoms with Gasteiger partial charge in [-0.15, -0.1) is 0 Å². The van der Waals surface area contributed by atoms with E-state index in [1.165, 1.54) is 5.56 Å². The number of benzene rings is 4. The van der Waals surface area contributed by atoms with Crippen molar-refractivity contribution in [2.45, 2.75) is 46.0 Å². The molecule has 0 unspecified atom stereocenters. The molecule has 0 fully saturated rings. The van der Waals surface area contributed by atoms with Crippen molar-refractivity contribution >= 4 is 21.9 Å². The maximum atomic E-state index is 13.2. The maximum absolute atomic E-state index is 13.2. The summed E-state index contributed by atoms with van der Waals surface area (Å²) in [6.45, 7) is 10.4. The van der Waals surface area contributed by atoms with Crippen LogP contribution in [0.5, 0.6) is 11.5 Å². The molecule has 0 aliphatic carbocycles. The highest BCUT2D eigenvalue weighted by Gasteiger charge is 2.24. The van der Waals surface area contributed by atoms with E-state index >= 15 is 0 Å². The smallest absolute Gasteiger partial charge is 0.200 e. The van der Waals surface area contributed by atoms with Crippen molar-refractivity contribution < 1.29 is 14.6 Å². The van der Waals surface area contributed by atoms with Crippen molar-refractivity contribution in [1.82, 2.24) is 0 Å². The second kappa shape index (κ2) is 9.90. The number of aryl methyl sites for hydroxylation is 1. The predicted octanol–water partition coefficient (Wildman–Crippen LogP) is 7.80. The third-order valence-electron chi connectivity index (χ3n) is 6.70. The summed E-state index contributed by atoms with van der Waals surface area (Å²) in [6.07, 6.45) is 0. The van der Waals surface area contributed by atoms with Crippen LogP contribution in [0.1, 0.15) is 55.9 Å². The average molecular weight is 481 g/mol. The lowest BCUT2D eigenvalue weighted by molar-refractivity contribution is 0.474. The second-order valence-corrected chi connectivity index (χ2v) is 10.1. The van der Waals surface area contributed by atoms with Gasteiger partial charge >= 0.3 is 0 Å². The Morgan fingerprint density at radius 3 is 1.75 bits per heavy atom. The Labute approximate surface area is 211 Å². The van der Waals surface area contributed by atoms with Gasteiger partial charge in [-0.25, -0.2) is 0 Å². The highest BCUT2D eigenvalue weighted by Crippen LogP contribution is 2.34. The highest BCUT2D eigenvalue weighted by molar-refractivity contribution is 5.90. The van der Waals surface area contributed by atoms with Crippen molar-refractivity contribution in [3.05, 3.63) is 117 Å². The van der Waals surface area contributed by atoms with Gasteiger partial charge in [0.05, 0.1) is 10.8 Å². The van der Waals surface area contributed by atoms with Gasteiger partial charge in [0.25, 0.3) is 0 Å². The van der Waals surface area contributed by atoms with Crippen LogP contribution in [0.4, 0.5) is 0 Å². The van der Waals surface area contributed by atoms with E-state index < -0.39 is 0 Å². The molecule has 184 valence electrons. The van der Waals surface area contributed by atoms with E-state index in [4.69, 9.17) is 9.52 Å². The molecule has 36 heavy (non-hydrogen) atoms. The van der Waals surface area contributed by atoms with Crippen LogP contribution in [0.25, 0.3) is 21.9 Å². The number of hydrogen-bond acceptors (Lipinski definition) is 4. The van der Waals surface area contributed by atoms with E-state index in [1.807, 2.05) is 67.6 Å². The van der Waals surface area contributed by atoms with Gasteiger partial charge in [0.1, 0.15) is 22.7 Å². The van der Waals surface area contributed by atoms with Gasteiger partial charge in [-0.2, -0.15) is 0 Å². The van der Waals surface area contributed by atoms with Gasteiger partial charge in [-0.3, -0.25) is 4.79 Å². The fraction of sp³-hybridized carbons (Fsp3) is 0.219. The van der Waals surface area contributed by atoms with Crippen LogP contribution in [0, 0.1) is 6.92 Å². The quantitative estimate of drug-likeness (QED) is 0.258. The minimum absolute atomic E-state index is 0.00195. The Balaban J connectivity index is 0.000000325. The summed E-state index contributed by atoms with van der Waals surface area (Å²) in [5.41, 5.74) is 5.29. The predicted molar refractivity (Wildman–Crippen MR) is 147 cm³/mol. The molecule has 4 nitrogen and oxygen atoms in total. The number of fused-ring (bicyclic) bond motifs is 2. The Morgan fingerprint density at radius 1 is 0.694 bits per heavy atom. The third kappa shape index (κ3) is 5.13. The molecule has 0 atom stereocenters. The zero-order valence-corrected chi connectivity index (χ0v) is 21.4. The van der Waals surface area contributed by atoms with E-state index in [9.17, 15) is 9.90 Å². The fourth-order valence-corrected chi connectivity index (χ4v) is 4.21. The monoisotopic (exact) mass is 480 g/mol. The van der Waals surface area contributed by atoms with Crippen LogP contribution < -0.4 is 5.43 Å². The molecule has 0 saturated heterocycles. The molecule has 0 radical (unpaired) electrons. The molecule has 1 heterocycles. The molecule has 1 aromatic heterocycles. The van der Waals surface area contributed by atoms with E-state index in [1.54, 1.807) is 24.3 Å². The molecule has 0 saturated carbocycles. The molecule has 0 spiro atoms. The summed E-state index contributed by atoms with van der Waals surface area (Å²) in [6, 6.07) is 26.0. The maximum Gasteiger partial charge on any atom is 0.200 e. The third-order valence-corrected chi connectivity index (χ3v) is 6.70. The normalized spacial score (nSPS) is 11.5. The number of rotatable bonds is 3. The lowest BCUT2D eigenvalue weighted by atomic mass is 9.78. The van der Waals surface area contributed by atoms with Gasteiger partial charge in [0, 0.05) is 5.41 Å². The SMILES string of the molecule is CC(C)c1ccc2oc3ccc(C(C)(C)c4ccc(O)cc4)cc3c(=O)c2c1.Cc1ccc(O)cc1. The van der Waals surface area contributed by atoms with Crippen molar-refractivity contribution in [2.75, 3.05) is 0 Å². The fourth-order valence-electron chi connectivity index (χ4n) is 4.21. The number of hydrogen-bond donors (Lipinski definition) is 2. The minimum Gasteiger partial charge on any atom is -0.508 e. The molecule has 2 N–H and O–H groups in total. The van der Waals surface area contributed by atoms with Gasteiger partial charge in [0.2, 0.25) is 5.43 Å². The first-order valence-electron chi connectivity index (χ1n) is 12.1. The van der Waals surface area contributed by atoms with E-state index in [2.05, 4.69) is 27.7 Å². The number of aromatic hydroxyl groups is 2. The molecule has 0 aliphatic rings. The van der Waals surface area contributed by atoms with Crippen molar-refractivity contribution in [3.8, 4) is 11.5 Å². The van der Waals surface area contributed by atoms with Gasteiger partial charge < -0.3 is 14.6 Å². The number of phenolic OH excluding ortho intramolecular Hbond substituents is 2. The Kier molecular flexibility index (Phi) is 6.89. The van der Waals surface area contributed by atoms with Crippen LogP contribution in [-0.4, -0.2) is 10.2 Å². The molecule has 5 aromatic rings.